The molecule has 0 atom stereocenters. The molecule has 0 amide bonds. The van der Waals surface area contributed by atoms with Gasteiger partial charge in [0.25, 0.3) is 5.56 Å². The molecule has 0 saturated heterocycles. The van der Waals surface area contributed by atoms with Crippen molar-refractivity contribution in [2.75, 3.05) is 0 Å². The summed E-state index contributed by atoms with van der Waals surface area (Å²) in [5, 5.41) is 2.97. The average molecular weight is 324 g/mol. The molecular formula is C20H12N4O. The van der Waals surface area contributed by atoms with Gasteiger partial charge in [-0.1, -0.05) is 30.3 Å². The predicted molar refractivity (Wildman–Crippen MR) is 100 cm³/mol. The minimum atomic E-state index is -0.116. The van der Waals surface area contributed by atoms with Gasteiger partial charge >= 0.3 is 0 Å². The van der Waals surface area contributed by atoms with Gasteiger partial charge in [0.15, 0.2) is 0 Å². The summed E-state index contributed by atoms with van der Waals surface area (Å²) in [5.41, 5.74) is 4.75. The first kappa shape index (κ1) is 12.8. The van der Waals surface area contributed by atoms with Gasteiger partial charge in [-0.25, -0.2) is 4.98 Å². The minimum absolute atomic E-state index is 0.116. The van der Waals surface area contributed by atoms with Gasteiger partial charge in [0.2, 0.25) is 5.78 Å². The molecule has 3 aromatic heterocycles. The molecule has 5 heteroatoms. The van der Waals surface area contributed by atoms with E-state index in [1.807, 2.05) is 40.8 Å². The molecule has 6 aromatic rings. The van der Waals surface area contributed by atoms with Crippen molar-refractivity contribution in [3.8, 4) is 0 Å². The number of aromatic amines is 2. The Balaban J connectivity index is 1.89. The van der Waals surface area contributed by atoms with E-state index >= 15 is 0 Å². The van der Waals surface area contributed by atoms with E-state index in [2.05, 4.69) is 39.2 Å². The van der Waals surface area contributed by atoms with Crippen LogP contribution in [0.1, 0.15) is 0 Å². The number of hydrogen-bond donors (Lipinski definition) is 2. The Kier molecular flexibility index (Phi) is 2.18. The number of fused-ring (bicyclic) bond motifs is 8. The van der Waals surface area contributed by atoms with Crippen molar-refractivity contribution in [3.63, 3.8) is 0 Å². The Morgan fingerprint density at radius 2 is 1.56 bits per heavy atom. The highest BCUT2D eigenvalue weighted by Gasteiger charge is 2.13. The summed E-state index contributed by atoms with van der Waals surface area (Å²) in [7, 11) is 0. The molecule has 0 aliphatic carbocycles. The van der Waals surface area contributed by atoms with Crippen molar-refractivity contribution in [3.05, 3.63) is 71.0 Å². The maximum absolute atomic E-state index is 12.3. The Hall–Kier alpha value is -3.60. The normalized spacial score (nSPS) is 12.2. The van der Waals surface area contributed by atoms with Gasteiger partial charge in [-0.05, 0) is 30.3 Å². The zero-order valence-corrected chi connectivity index (χ0v) is 13.1. The number of para-hydroxylation sites is 2. The van der Waals surface area contributed by atoms with Gasteiger partial charge in [0.05, 0.1) is 21.9 Å². The highest BCUT2D eigenvalue weighted by atomic mass is 16.1. The topological polar surface area (TPSA) is 65.9 Å². The van der Waals surface area contributed by atoms with E-state index in [0.717, 1.165) is 33.0 Å². The number of rotatable bonds is 0. The van der Waals surface area contributed by atoms with Crippen LogP contribution in [0.2, 0.25) is 0 Å². The third-order valence-corrected chi connectivity index (χ3v) is 4.90. The van der Waals surface area contributed by atoms with Crippen LogP contribution in [0.15, 0.2) is 65.5 Å². The molecule has 6 rings (SSSR count). The molecule has 0 bridgehead atoms. The summed E-state index contributed by atoms with van der Waals surface area (Å²) in [5.74, 6) is 0.565. The average Bonchev–Trinajstić information content (AvgIpc) is 3.17. The van der Waals surface area contributed by atoms with Gasteiger partial charge < -0.3 is 4.98 Å². The zero-order chi connectivity index (χ0) is 16.5. The zero-order valence-electron chi connectivity index (χ0n) is 13.1. The molecular weight excluding hydrogens is 312 g/mol. The molecule has 5 nitrogen and oxygen atoms in total. The first-order valence-corrected chi connectivity index (χ1v) is 8.13. The SMILES string of the molecule is O=c1[nH]c2nc3cc4c(cc3n2c2ccccc12)[nH]c1ccccc14. The van der Waals surface area contributed by atoms with E-state index < -0.39 is 0 Å². The molecule has 0 spiro atoms. The first-order chi connectivity index (χ1) is 12.3. The lowest BCUT2D eigenvalue weighted by Crippen LogP contribution is -2.09. The van der Waals surface area contributed by atoms with Crippen LogP contribution in [0.5, 0.6) is 0 Å². The Bertz CT molecular complexity index is 1520. The second-order valence-corrected chi connectivity index (χ2v) is 6.30. The third-order valence-electron chi connectivity index (χ3n) is 4.90. The third kappa shape index (κ3) is 1.57. The van der Waals surface area contributed by atoms with Crippen LogP contribution in [0.4, 0.5) is 0 Å². The van der Waals surface area contributed by atoms with Crippen LogP contribution in [-0.4, -0.2) is 19.4 Å². The summed E-state index contributed by atoms with van der Waals surface area (Å²) < 4.78 is 2.01. The minimum Gasteiger partial charge on any atom is -0.354 e. The number of nitrogens with one attached hydrogen (secondary N) is 2. The molecule has 3 aromatic carbocycles. The Morgan fingerprint density at radius 3 is 2.48 bits per heavy atom. The Morgan fingerprint density at radius 1 is 0.760 bits per heavy atom. The lowest BCUT2D eigenvalue weighted by atomic mass is 10.1. The van der Waals surface area contributed by atoms with Crippen LogP contribution in [0.3, 0.4) is 0 Å². The van der Waals surface area contributed by atoms with Crippen LogP contribution in [0, 0.1) is 0 Å². The molecule has 0 aliphatic heterocycles. The highest BCUT2D eigenvalue weighted by molar-refractivity contribution is 6.11. The lowest BCUT2D eigenvalue weighted by Gasteiger charge is -2.02. The Labute approximate surface area is 140 Å². The lowest BCUT2D eigenvalue weighted by molar-refractivity contribution is 1.16. The molecule has 0 fully saturated rings. The van der Waals surface area contributed by atoms with Crippen molar-refractivity contribution in [2.45, 2.75) is 0 Å². The number of aromatic nitrogens is 4. The second-order valence-electron chi connectivity index (χ2n) is 6.30. The van der Waals surface area contributed by atoms with Gasteiger partial charge in [0.1, 0.15) is 0 Å². The van der Waals surface area contributed by atoms with Crippen molar-refractivity contribution in [1.82, 2.24) is 19.4 Å². The standard InChI is InChI=1S/C20H12N4O/c25-19-12-6-2-4-8-17(12)24-18-10-15-13(9-16(18)22-20(24)23-19)11-5-1-3-7-14(11)21-15/h1-10,21H,(H,22,23,25). The van der Waals surface area contributed by atoms with Crippen molar-refractivity contribution < 1.29 is 0 Å². The molecule has 0 saturated carbocycles. The summed E-state index contributed by atoms with van der Waals surface area (Å²) in [4.78, 5) is 23.3. The fraction of sp³-hybridized carbons (Fsp3) is 0. The molecule has 0 radical (unpaired) electrons. The van der Waals surface area contributed by atoms with Gasteiger partial charge in [0, 0.05) is 21.8 Å². The molecule has 25 heavy (non-hydrogen) atoms. The molecule has 0 aliphatic rings. The smallest absolute Gasteiger partial charge is 0.260 e. The van der Waals surface area contributed by atoms with Crippen molar-refractivity contribution >= 4 is 49.5 Å². The van der Waals surface area contributed by atoms with Crippen LogP contribution in [0.25, 0.3) is 49.5 Å². The van der Waals surface area contributed by atoms with E-state index in [-0.39, 0.29) is 5.56 Å². The number of nitrogens with zero attached hydrogens (tertiary/aromatic N) is 2. The first-order valence-electron chi connectivity index (χ1n) is 8.13. The molecule has 2 N–H and O–H groups in total. The number of hydrogen-bond acceptors (Lipinski definition) is 2. The van der Waals surface area contributed by atoms with Crippen LogP contribution >= 0.6 is 0 Å². The largest absolute Gasteiger partial charge is 0.354 e. The van der Waals surface area contributed by atoms with E-state index in [0.29, 0.717) is 11.2 Å². The van der Waals surface area contributed by atoms with E-state index in [9.17, 15) is 4.79 Å². The maximum Gasteiger partial charge on any atom is 0.260 e. The van der Waals surface area contributed by atoms with Crippen LogP contribution < -0.4 is 5.56 Å². The van der Waals surface area contributed by atoms with Gasteiger partial charge in [-0.2, -0.15) is 0 Å². The van der Waals surface area contributed by atoms with Crippen LogP contribution in [-0.2, 0) is 0 Å². The maximum atomic E-state index is 12.3. The van der Waals surface area contributed by atoms with Crippen molar-refractivity contribution in [2.24, 2.45) is 0 Å². The van der Waals surface area contributed by atoms with Crippen molar-refractivity contribution in [1.29, 1.82) is 0 Å². The van der Waals surface area contributed by atoms with Gasteiger partial charge in [-0.3, -0.25) is 14.2 Å². The van der Waals surface area contributed by atoms with E-state index in [4.69, 9.17) is 0 Å². The second kappa shape index (κ2) is 4.27. The number of H-pyrrole nitrogens is 2. The molecule has 0 unspecified atom stereocenters. The fourth-order valence-electron chi connectivity index (χ4n) is 3.78. The quantitative estimate of drug-likeness (QED) is 0.444. The molecule has 118 valence electrons. The number of benzene rings is 3. The molecule has 3 heterocycles. The van der Waals surface area contributed by atoms with E-state index in [1.54, 1.807) is 0 Å². The monoisotopic (exact) mass is 324 g/mol. The van der Waals surface area contributed by atoms with E-state index in [1.165, 1.54) is 5.39 Å². The number of imidazole rings is 1. The summed E-state index contributed by atoms with van der Waals surface area (Å²) in [6.07, 6.45) is 0. The summed E-state index contributed by atoms with van der Waals surface area (Å²) >= 11 is 0. The van der Waals surface area contributed by atoms with Gasteiger partial charge in [-0.15, -0.1) is 0 Å². The fourth-order valence-corrected chi connectivity index (χ4v) is 3.78. The highest BCUT2D eigenvalue weighted by Crippen LogP contribution is 2.30. The predicted octanol–water partition coefficient (Wildman–Crippen LogP) is 3.96. The summed E-state index contributed by atoms with van der Waals surface area (Å²) in [6.45, 7) is 0. The summed E-state index contributed by atoms with van der Waals surface area (Å²) in [6, 6.07) is 20.0.